The summed E-state index contributed by atoms with van der Waals surface area (Å²) in [5.41, 5.74) is 4.22. The maximum atomic E-state index is 12.9. The Morgan fingerprint density at radius 1 is 0.627 bits per heavy atom. The zero-order valence-electron chi connectivity index (χ0n) is 30.3. The van der Waals surface area contributed by atoms with E-state index in [1.807, 2.05) is 128 Å². The number of hydrogen-bond donors (Lipinski definition) is 0. The second-order valence-electron chi connectivity index (χ2n) is 11.3. The lowest BCUT2D eigenvalue weighted by Crippen LogP contribution is -2.47. The Labute approximate surface area is 301 Å². The van der Waals surface area contributed by atoms with E-state index in [-0.39, 0.29) is 18.6 Å². The van der Waals surface area contributed by atoms with Crippen LogP contribution in [0.15, 0.2) is 132 Å². The number of carbonyl (C=O) groups excluding carboxylic acids is 1. The number of hydrogen-bond acceptors (Lipinski definition) is 8. The van der Waals surface area contributed by atoms with Crippen molar-refractivity contribution in [2.45, 2.75) is 46.1 Å². The first-order chi connectivity index (χ1) is 24.8. The number of urea groups is 1. The summed E-state index contributed by atoms with van der Waals surface area (Å²) in [6.45, 7) is 6.04. The minimum absolute atomic E-state index is 0.00614. The van der Waals surface area contributed by atoms with E-state index in [2.05, 4.69) is 16.2 Å². The fourth-order valence-corrected chi connectivity index (χ4v) is 4.76. The van der Waals surface area contributed by atoms with Crippen LogP contribution in [0.2, 0.25) is 0 Å². The number of nitroso groups, excluding NO2 is 1. The van der Waals surface area contributed by atoms with Gasteiger partial charge >= 0.3 is 6.03 Å². The van der Waals surface area contributed by atoms with Crippen LogP contribution < -0.4 is 18.9 Å². The van der Waals surface area contributed by atoms with Crippen molar-refractivity contribution in [1.29, 1.82) is 0 Å². The van der Waals surface area contributed by atoms with Gasteiger partial charge in [-0.25, -0.2) is 4.79 Å². The molecule has 51 heavy (non-hydrogen) atoms. The molecule has 0 spiro atoms. The lowest BCUT2D eigenvalue weighted by atomic mass is 10.1. The average Bonchev–Trinajstić information content (AvgIpc) is 3.18. The molecule has 0 aliphatic carbocycles. The number of ether oxygens (including phenoxy) is 4. The first-order valence-corrected chi connectivity index (χ1v) is 16.5. The Kier molecular flexibility index (Phi) is 17.0. The molecule has 1 aliphatic heterocycles. The second-order valence-corrected chi connectivity index (χ2v) is 11.3. The minimum atomic E-state index is 0.00614. The van der Waals surface area contributed by atoms with Gasteiger partial charge in [0.1, 0.15) is 29.5 Å². The molecule has 0 bridgehead atoms. The third-order valence-electron chi connectivity index (χ3n) is 7.77. The number of nitrogens with zero attached hydrogens (tertiary/aromatic N) is 4. The molecule has 2 amide bonds. The molecule has 4 aromatic carbocycles. The van der Waals surface area contributed by atoms with Gasteiger partial charge in [-0.1, -0.05) is 59.8 Å². The van der Waals surface area contributed by atoms with Gasteiger partial charge in [0.2, 0.25) is 0 Å². The van der Waals surface area contributed by atoms with Gasteiger partial charge in [0.05, 0.1) is 47.6 Å². The largest absolute Gasteiger partial charge is 0.497 e. The van der Waals surface area contributed by atoms with E-state index >= 15 is 0 Å². The topological polar surface area (TPSA) is 102 Å². The van der Waals surface area contributed by atoms with Gasteiger partial charge in [-0.3, -0.25) is 9.89 Å². The quantitative estimate of drug-likeness (QED) is 0.103. The van der Waals surface area contributed by atoms with Crippen molar-refractivity contribution in [3.8, 4) is 23.0 Å². The van der Waals surface area contributed by atoms with Gasteiger partial charge in [0, 0.05) is 19.0 Å². The first-order valence-electron chi connectivity index (χ1n) is 16.5. The maximum Gasteiger partial charge on any atom is 0.325 e. The van der Waals surface area contributed by atoms with Gasteiger partial charge < -0.3 is 23.8 Å². The lowest BCUT2D eigenvalue weighted by Gasteiger charge is -2.36. The van der Waals surface area contributed by atoms with Gasteiger partial charge in [-0.15, -0.1) is 0 Å². The van der Waals surface area contributed by atoms with Crippen LogP contribution in [-0.2, 0) is 26.2 Å². The molecule has 1 heterocycles. The van der Waals surface area contributed by atoms with Crippen molar-refractivity contribution < 1.29 is 23.7 Å². The van der Waals surface area contributed by atoms with Crippen LogP contribution in [0.3, 0.4) is 0 Å². The van der Waals surface area contributed by atoms with Gasteiger partial charge in [-0.05, 0) is 96.8 Å². The third kappa shape index (κ3) is 13.5. The Hall–Kier alpha value is -5.90. The normalized spacial score (nSPS) is 13.6. The van der Waals surface area contributed by atoms with Crippen molar-refractivity contribution in [2.24, 2.45) is 10.2 Å². The summed E-state index contributed by atoms with van der Waals surface area (Å²) in [5, 5.41) is 2.77. The minimum Gasteiger partial charge on any atom is -0.497 e. The number of carbonyl (C=O) groups is 1. The Balaban J connectivity index is 0.000000235. The summed E-state index contributed by atoms with van der Waals surface area (Å²) in [4.78, 5) is 30.6. The highest BCUT2D eigenvalue weighted by Gasteiger charge is 2.27. The Morgan fingerprint density at radius 2 is 1.04 bits per heavy atom. The molecular formula is C41H48N4O6. The van der Waals surface area contributed by atoms with E-state index in [0.717, 1.165) is 39.7 Å². The number of aliphatic imine (C=N–C) groups is 1. The fraction of sp³-hybridized carbons (Fsp3) is 0.268. The summed E-state index contributed by atoms with van der Waals surface area (Å²) >= 11 is 0. The molecule has 0 aromatic heterocycles. The van der Waals surface area contributed by atoms with Crippen molar-refractivity contribution in [2.75, 3.05) is 28.4 Å². The van der Waals surface area contributed by atoms with Crippen LogP contribution >= 0.6 is 0 Å². The fourth-order valence-electron chi connectivity index (χ4n) is 4.76. The van der Waals surface area contributed by atoms with E-state index in [1.165, 1.54) is 5.56 Å². The molecule has 5 rings (SSSR count). The van der Waals surface area contributed by atoms with E-state index in [1.54, 1.807) is 45.5 Å². The monoisotopic (exact) mass is 692 g/mol. The molecule has 10 heteroatoms. The van der Waals surface area contributed by atoms with Crippen LogP contribution in [0.25, 0.3) is 0 Å². The van der Waals surface area contributed by atoms with E-state index in [4.69, 9.17) is 18.9 Å². The smallest absolute Gasteiger partial charge is 0.325 e. The van der Waals surface area contributed by atoms with E-state index in [9.17, 15) is 9.70 Å². The number of allylic oxidation sites excluding steroid dienone is 2. The highest BCUT2D eigenvalue weighted by molar-refractivity contribution is 5.77. The summed E-state index contributed by atoms with van der Waals surface area (Å²) < 4.78 is 20.4. The molecule has 4 aromatic rings. The molecular weight excluding hydrogens is 644 g/mol. The third-order valence-corrected chi connectivity index (χ3v) is 7.77. The summed E-state index contributed by atoms with van der Waals surface area (Å²) in [6, 6.07) is 30.8. The van der Waals surface area contributed by atoms with Crippen LogP contribution in [0, 0.1) is 4.91 Å². The zero-order valence-corrected chi connectivity index (χ0v) is 30.3. The predicted molar refractivity (Wildman–Crippen MR) is 204 cm³/mol. The maximum absolute atomic E-state index is 12.9. The number of rotatable bonds is 13. The molecule has 1 aliphatic rings. The van der Waals surface area contributed by atoms with E-state index < -0.39 is 0 Å². The molecule has 0 saturated heterocycles. The van der Waals surface area contributed by atoms with E-state index in [0.29, 0.717) is 19.6 Å². The second kappa shape index (κ2) is 21.9. The predicted octanol–water partition coefficient (Wildman–Crippen LogP) is 8.85. The van der Waals surface area contributed by atoms with Gasteiger partial charge in [0.25, 0.3) is 0 Å². The van der Waals surface area contributed by atoms with Gasteiger partial charge in [0.15, 0.2) is 0 Å². The standard InChI is InChI=1S/C21H24N2O3.C12H15NO.C8H9NO2/c1-16-12-13-22(14-17-4-8-19(25-2)9-5-17)21(24)23(16)15-18-6-10-20(26-3)11-7-18;1-3-4-9-13-10-11-5-7-12(14-2)8-6-11;1-11-8-4-2-7(3-5-8)6-9-10/h4-13,16H,14-15H2,1-3H3;3-9H,10H2,1-2H3;2-5H,6H2,1H3/b;4-3+,13-9?;. The highest BCUT2D eigenvalue weighted by atomic mass is 16.5. The number of methoxy groups -OCH3 is 4. The molecule has 10 nitrogen and oxygen atoms in total. The van der Waals surface area contributed by atoms with Gasteiger partial charge in [-0.2, -0.15) is 4.91 Å². The average molecular weight is 693 g/mol. The molecule has 1 atom stereocenters. The zero-order chi connectivity index (χ0) is 36.8. The Bertz CT molecular complexity index is 1690. The van der Waals surface area contributed by atoms with Crippen molar-refractivity contribution in [3.63, 3.8) is 0 Å². The van der Waals surface area contributed by atoms with Crippen molar-refractivity contribution in [3.05, 3.63) is 149 Å². The summed E-state index contributed by atoms with van der Waals surface area (Å²) in [7, 11) is 6.56. The molecule has 0 fully saturated rings. The SMILES string of the molecule is C/C=C/C=NCc1ccc(OC)cc1.COc1ccc(CN2C=CC(C)N(Cc3ccc(OC)cc3)C2=O)cc1.COc1ccc(CN=O)cc1. The summed E-state index contributed by atoms with van der Waals surface area (Å²) in [6.07, 6.45) is 9.61. The van der Waals surface area contributed by atoms with Crippen LogP contribution in [-0.4, -0.2) is 56.5 Å². The number of amides is 2. The van der Waals surface area contributed by atoms with Crippen LogP contribution in [0.1, 0.15) is 36.1 Å². The van der Waals surface area contributed by atoms with Crippen LogP contribution in [0.4, 0.5) is 4.79 Å². The summed E-state index contributed by atoms with van der Waals surface area (Å²) in [5.74, 6) is 3.29. The van der Waals surface area contributed by atoms with Crippen molar-refractivity contribution >= 4 is 12.2 Å². The lowest BCUT2D eigenvalue weighted by molar-refractivity contribution is 0.147. The molecule has 268 valence electrons. The Morgan fingerprint density at radius 3 is 1.45 bits per heavy atom. The molecule has 1 unspecified atom stereocenters. The number of benzene rings is 4. The van der Waals surface area contributed by atoms with Crippen molar-refractivity contribution in [1.82, 2.24) is 9.80 Å². The first kappa shape index (κ1) is 39.5. The molecule has 0 N–H and O–H groups in total. The molecule has 0 radical (unpaired) electrons. The van der Waals surface area contributed by atoms with Crippen LogP contribution in [0.5, 0.6) is 23.0 Å². The highest BCUT2D eigenvalue weighted by Crippen LogP contribution is 2.22. The molecule has 0 saturated carbocycles.